The molecule has 59 heavy (non-hydrogen) atoms. The van der Waals surface area contributed by atoms with Crippen LogP contribution in [-0.2, 0) is 44.7 Å². The number of anilines is 1. The maximum absolute atomic E-state index is 13.9. The van der Waals surface area contributed by atoms with E-state index in [9.17, 15) is 33.6 Å². The highest BCUT2D eigenvalue weighted by molar-refractivity contribution is 5.92. The molecule has 0 aliphatic heterocycles. The Balaban J connectivity index is 2.30. The van der Waals surface area contributed by atoms with Gasteiger partial charge in [-0.25, -0.2) is 9.59 Å². The molecule has 0 heterocycles. The fourth-order valence-electron chi connectivity index (χ4n) is 5.84. The number of benzene rings is 2. The molecule has 2 aromatic rings. The van der Waals surface area contributed by atoms with Gasteiger partial charge in [0.2, 0.25) is 23.6 Å². The summed E-state index contributed by atoms with van der Waals surface area (Å²) < 4.78 is 10.3. The molecule has 326 valence electrons. The molecule has 2 aromatic carbocycles. The van der Waals surface area contributed by atoms with E-state index in [0.717, 1.165) is 37.5 Å². The van der Waals surface area contributed by atoms with Gasteiger partial charge in [0.1, 0.15) is 23.7 Å². The zero-order valence-corrected chi connectivity index (χ0v) is 35.1. The monoisotopic (exact) mass is 825 g/mol. The summed E-state index contributed by atoms with van der Waals surface area (Å²) in [6.07, 6.45) is 1.91. The molecule has 0 aromatic heterocycles. The van der Waals surface area contributed by atoms with Gasteiger partial charge in [-0.1, -0.05) is 56.2 Å². The zero-order valence-electron chi connectivity index (χ0n) is 35.1. The number of carboxylic acids is 1. The summed E-state index contributed by atoms with van der Waals surface area (Å²) in [6.45, 7) is 9.34. The van der Waals surface area contributed by atoms with E-state index in [2.05, 4.69) is 38.8 Å². The van der Waals surface area contributed by atoms with Crippen molar-refractivity contribution >= 4 is 47.3 Å². The minimum absolute atomic E-state index is 0.0454. The number of alkyl carbamates (subject to hydrolysis) is 1. The Morgan fingerprint density at radius 2 is 1.39 bits per heavy atom. The molecule has 17 nitrogen and oxygen atoms in total. The summed E-state index contributed by atoms with van der Waals surface area (Å²) >= 11 is 0. The molecule has 0 saturated heterocycles. The van der Waals surface area contributed by atoms with Gasteiger partial charge in [0.25, 0.3) is 0 Å². The Hall–Kier alpha value is -5.55. The van der Waals surface area contributed by atoms with E-state index in [1.54, 1.807) is 32.9 Å². The highest BCUT2D eigenvalue weighted by Crippen LogP contribution is 2.22. The lowest BCUT2D eigenvalue weighted by molar-refractivity contribution is -0.145. The second-order valence-electron chi connectivity index (χ2n) is 15.3. The maximum Gasteiger partial charge on any atom is 0.408 e. The van der Waals surface area contributed by atoms with Crippen LogP contribution in [0.5, 0.6) is 0 Å². The smallest absolute Gasteiger partial charge is 0.408 e. The van der Waals surface area contributed by atoms with Crippen LogP contribution in [0.3, 0.4) is 0 Å². The Labute approximate surface area is 346 Å². The minimum atomic E-state index is -1.15. The normalized spacial score (nSPS) is 13.1. The van der Waals surface area contributed by atoms with Crippen molar-refractivity contribution in [3.05, 3.63) is 54.1 Å². The van der Waals surface area contributed by atoms with Crippen LogP contribution in [0.15, 0.2) is 48.5 Å². The summed E-state index contributed by atoms with van der Waals surface area (Å²) in [5, 5.41) is 25.5. The molecule has 9 N–H and O–H groups in total. The highest BCUT2D eigenvalue weighted by atomic mass is 16.6. The van der Waals surface area contributed by atoms with Crippen LogP contribution in [0.25, 0.3) is 11.1 Å². The fourth-order valence-corrected chi connectivity index (χ4v) is 5.84. The maximum atomic E-state index is 13.9. The van der Waals surface area contributed by atoms with Crippen molar-refractivity contribution < 1.29 is 48.1 Å². The highest BCUT2D eigenvalue weighted by Gasteiger charge is 2.29. The lowest BCUT2D eigenvalue weighted by Gasteiger charge is -2.26. The number of hydrogen-bond donors (Lipinski definition) is 8. The molecular weight excluding hydrogens is 763 g/mol. The molecule has 0 fully saturated rings. The number of carbonyl (C=O) groups is 7. The Morgan fingerprint density at radius 1 is 0.763 bits per heavy atom. The van der Waals surface area contributed by atoms with Crippen LogP contribution in [0, 0.1) is 0 Å². The lowest BCUT2D eigenvalue weighted by atomic mass is 9.99. The van der Waals surface area contributed by atoms with Crippen molar-refractivity contribution in [2.45, 2.75) is 122 Å². The summed E-state index contributed by atoms with van der Waals surface area (Å²) in [4.78, 5) is 87.8. The SMILES string of the molecule is CCCC[C@H](N)CNCC[C@H](NC(=O)OC(C)(C)C)C(=O)N[C@H](Cc1ccc(-c2ccc(NC(C)=O)cc2)cc1)C(=O)NCC[C@@H](NC(=O)CCCC(=O)O)C(=O)OC. The van der Waals surface area contributed by atoms with E-state index in [0.29, 0.717) is 24.3 Å². The average molecular weight is 826 g/mol. The number of aliphatic carboxylic acids is 1. The largest absolute Gasteiger partial charge is 0.481 e. The van der Waals surface area contributed by atoms with Crippen LogP contribution in [0.2, 0.25) is 0 Å². The van der Waals surface area contributed by atoms with Crippen LogP contribution in [0.4, 0.5) is 10.5 Å². The quantitative estimate of drug-likeness (QED) is 0.0531. The van der Waals surface area contributed by atoms with Crippen LogP contribution in [0.1, 0.15) is 91.5 Å². The molecule has 4 atom stereocenters. The first kappa shape index (κ1) is 49.6. The van der Waals surface area contributed by atoms with Crippen molar-refractivity contribution in [1.29, 1.82) is 0 Å². The summed E-state index contributed by atoms with van der Waals surface area (Å²) in [7, 11) is 1.15. The molecule has 0 bridgehead atoms. The minimum Gasteiger partial charge on any atom is -0.481 e. The number of rotatable bonds is 25. The third-order valence-electron chi connectivity index (χ3n) is 8.87. The fraction of sp³-hybridized carbons (Fsp3) is 0.548. The van der Waals surface area contributed by atoms with Crippen molar-refractivity contribution in [1.82, 2.24) is 26.6 Å². The van der Waals surface area contributed by atoms with Gasteiger partial charge in [0, 0.05) is 51.0 Å². The van der Waals surface area contributed by atoms with E-state index in [-0.39, 0.29) is 57.0 Å². The van der Waals surface area contributed by atoms with Gasteiger partial charge in [-0.2, -0.15) is 0 Å². The number of carbonyl (C=O) groups excluding carboxylic acids is 6. The molecule has 0 spiro atoms. The number of nitrogens with one attached hydrogen (secondary N) is 6. The Kier molecular flexibility index (Phi) is 21.6. The molecule has 5 amide bonds. The van der Waals surface area contributed by atoms with E-state index in [1.165, 1.54) is 6.92 Å². The van der Waals surface area contributed by atoms with Crippen LogP contribution >= 0.6 is 0 Å². The van der Waals surface area contributed by atoms with Crippen LogP contribution < -0.4 is 37.6 Å². The lowest BCUT2D eigenvalue weighted by Crippen LogP contribution is -2.55. The molecule has 0 saturated carbocycles. The Morgan fingerprint density at radius 3 is 1.97 bits per heavy atom. The first-order chi connectivity index (χ1) is 27.9. The number of amides is 5. The molecule has 0 radical (unpaired) electrons. The van der Waals surface area contributed by atoms with E-state index < -0.39 is 59.5 Å². The summed E-state index contributed by atoms with van der Waals surface area (Å²) in [6, 6.07) is 11.2. The van der Waals surface area contributed by atoms with Crippen LogP contribution in [-0.4, -0.2) is 103 Å². The Bertz CT molecular complexity index is 1680. The van der Waals surface area contributed by atoms with Gasteiger partial charge in [-0.05, 0) is 81.8 Å². The predicted octanol–water partition coefficient (Wildman–Crippen LogP) is 3.15. The van der Waals surface area contributed by atoms with E-state index in [4.69, 9.17) is 20.3 Å². The van der Waals surface area contributed by atoms with Crippen molar-refractivity contribution in [3.8, 4) is 11.1 Å². The standard InChI is InChI=1S/C42H63N7O10/c1-7-8-10-31(43)26-44-23-21-33(49-41(57)59-42(3,4)5)39(55)48-35(25-28-13-15-29(16-14-28)30-17-19-32(20-18-30)46-27(2)50)38(54)45-24-22-34(40(56)58-6)47-36(51)11-9-12-37(52)53/h13-20,31,33-35,44H,7-12,21-26,43H2,1-6H3,(H,45,54)(H,46,50)(H,47,51)(H,48,55)(H,49,57)(H,52,53)/t31-,33-,34+,35+/m0/s1. The molecule has 2 rings (SSSR count). The second kappa shape index (κ2) is 25.7. The van der Waals surface area contributed by atoms with E-state index >= 15 is 0 Å². The number of methoxy groups -OCH3 is 1. The van der Waals surface area contributed by atoms with Gasteiger partial charge >= 0.3 is 18.0 Å². The van der Waals surface area contributed by atoms with Crippen molar-refractivity contribution in [3.63, 3.8) is 0 Å². The van der Waals surface area contributed by atoms with Gasteiger partial charge < -0.3 is 52.2 Å². The second-order valence-corrected chi connectivity index (χ2v) is 15.3. The average Bonchev–Trinajstić information content (AvgIpc) is 3.16. The number of nitrogens with two attached hydrogens (primary N) is 1. The topological polar surface area (TPSA) is 256 Å². The third-order valence-corrected chi connectivity index (χ3v) is 8.87. The molecule has 0 unspecified atom stereocenters. The third kappa shape index (κ3) is 20.6. The summed E-state index contributed by atoms with van der Waals surface area (Å²) in [5.41, 5.74) is 8.48. The molecule has 17 heteroatoms. The van der Waals surface area contributed by atoms with Gasteiger partial charge in [0.15, 0.2) is 0 Å². The first-order valence-corrected chi connectivity index (χ1v) is 20.0. The molecule has 0 aliphatic rings. The number of unbranched alkanes of at least 4 members (excludes halogenated alkanes) is 1. The first-order valence-electron chi connectivity index (χ1n) is 20.0. The zero-order chi connectivity index (χ0) is 44.0. The predicted molar refractivity (Wildman–Crippen MR) is 223 cm³/mol. The summed E-state index contributed by atoms with van der Waals surface area (Å²) in [5.74, 6) is -3.77. The van der Waals surface area contributed by atoms with E-state index in [1.807, 2.05) is 36.4 Å². The van der Waals surface area contributed by atoms with Gasteiger partial charge in [0.05, 0.1) is 7.11 Å². The number of ether oxygens (including phenoxy) is 2. The molecule has 0 aliphatic carbocycles. The van der Waals surface area contributed by atoms with Gasteiger partial charge in [-0.3, -0.25) is 24.0 Å². The number of esters is 1. The van der Waals surface area contributed by atoms with Crippen molar-refractivity contribution in [2.24, 2.45) is 5.73 Å². The molecular formula is C42H63N7O10. The number of hydrogen-bond acceptors (Lipinski definition) is 11. The van der Waals surface area contributed by atoms with Crippen molar-refractivity contribution in [2.75, 3.05) is 32.1 Å². The number of carboxylic acid groups (broad SMARTS) is 1. The van der Waals surface area contributed by atoms with Gasteiger partial charge in [-0.15, -0.1) is 0 Å².